The second kappa shape index (κ2) is 8.74. The molecule has 0 saturated carbocycles. The molecule has 1 saturated heterocycles. The molecule has 1 aromatic rings. The highest BCUT2D eigenvalue weighted by molar-refractivity contribution is 5.97. The molecule has 1 fully saturated rings. The molecular formula is C16H24ClN3O3. The van der Waals surface area contributed by atoms with E-state index < -0.39 is 0 Å². The maximum atomic E-state index is 12.4. The summed E-state index contributed by atoms with van der Waals surface area (Å²) in [4.78, 5) is 27.8. The number of phenolic OH excluding ortho intramolecular Hbond substituents is 1. The molecule has 1 atom stereocenters. The first-order chi connectivity index (χ1) is 10.5. The molecule has 1 aliphatic rings. The van der Waals surface area contributed by atoms with Crippen molar-refractivity contribution in [3.63, 3.8) is 0 Å². The Morgan fingerprint density at radius 3 is 2.30 bits per heavy atom. The molecule has 0 aliphatic carbocycles. The van der Waals surface area contributed by atoms with E-state index in [1.807, 2.05) is 6.92 Å². The number of halogens is 1. The largest absolute Gasteiger partial charge is 0.507 e. The van der Waals surface area contributed by atoms with E-state index in [4.69, 9.17) is 5.73 Å². The third-order valence-electron chi connectivity index (χ3n) is 3.87. The maximum absolute atomic E-state index is 12.4. The fourth-order valence-corrected chi connectivity index (χ4v) is 2.49. The van der Waals surface area contributed by atoms with Crippen LogP contribution in [0.25, 0.3) is 0 Å². The van der Waals surface area contributed by atoms with Gasteiger partial charge in [-0.25, -0.2) is 0 Å². The van der Waals surface area contributed by atoms with Crippen molar-refractivity contribution in [1.82, 2.24) is 9.80 Å². The van der Waals surface area contributed by atoms with Crippen LogP contribution in [0.2, 0.25) is 0 Å². The lowest BCUT2D eigenvalue weighted by molar-refractivity contribution is -0.132. The first kappa shape index (κ1) is 19.3. The average Bonchev–Trinajstić information content (AvgIpc) is 2.52. The summed E-state index contributed by atoms with van der Waals surface area (Å²) in [5.41, 5.74) is 5.97. The van der Waals surface area contributed by atoms with E-state index in [0.29, 0.717) is 44.6 Å². The molecule has 0 aromatic heterocycles. The van der Waals surface area contributed by atoms with Crippen LogP contribution in [0.3, 0.4) is 0 Å². The minimum absolute atomic E-state index is 0. The number of hydrogen-bond donors (Lipinski definition) is 2. The van der Waals surface area contributed by atoms with Crippen LogP contribution >= 0.6 is 12.4 Å². The molecule has 0 spiro atoms. The number of phenols is 1. The molecule has 3 N–H and O–H groups in total. The van der Waals surface area contributed by atoms with Gasteiger partial charge >= 0.3 is 0 Å². The molecule has 7 heteroatoms. The van der Waals surface area contributed by atoms with Gasteiger partial charge in [-0.05, 0) is 25.5 Å². The van der Waals surface area contributed by atoms with Crippen molar-refractivity contribution in [1.29, 1.82) is 0 Å². The van der Waals surface area contributed by atoms with Crippen molar-refractivity contribution >= 4 is 24.2 Å². The van der Waals surface area contributed by atoms with Gasteiger partial charge in [0.25, 0.3) is 5.91 Å². The lowest BCUT2D eigenvalue weighted by Gasteiger charge is -2.35. The zero-order valence-electron chi connectivity index (χ0n) is 13.3. The Morgan fingerprint density at radius 1 is 1.17 bits per heavy atom. The molecule has 0 bridgehead atoms. The van der Waals surface area contributed by atoms with Crippen molar-refractivity contribution in [2.45, 2.75) is 25.8 Å². The van der Waals surface area contributed by atoms with Crippen molar-refractivity contribution < 1.29 is 14.7 Å². The first-order valence-corrected chi connectivity index (χ1v) is 7.59. The van der Waals surface area contributed by atoms with Gasteiger partial charge in [0, 0.05) is 38.6 Å². The number of rotatable bonds is 4. The van der Waals surface area contributed by atoms with Gasteiger partial charge in [-0.2, -0.15) is 0 Å². The first-order valence-electron chi connectivity index (χ1n) is 7.59. The van der Waals surface area contributed by atoms with E-state index in [2.05, 4.69) is 0 Å². The number of piperazine rings is 1. The van der Waals surface area contributed by atoms with Gasteiger partial charge in [0.2, 0.25) is 5.91 Å². The quantitative estimate of drug-likeness (QED) is 0.862. The summed E-state index contributed by atoms with van der Waals surface area (Å²) in [6.45, 7) is 3.90. The Bertz CT molecular complexity index is 543. The van der Waals surface area contributed by atoms with Crippen molar-refractivity contribution in [3.05, 3.63) is 29.8 Å². The number of nitrogens with two attached hydrogens (primary N) is 1. The van der Waals surface area contributed by atoms with Gasteiger partial charge < -0.3 is 20.6 Å². The summed E-state index contributed by atoms with van der Waals surface area (Å²) in [5, 5.41) is 9.75. The monoisotopic (exact) mass is 341 g/mol. The summed E-state index contributed by atoms with van der Waals surface area (Å²) in [5.74, 6) is -0.115. The summed E-state index contributed by atoms with van der Waals surface area (Å²) < 4.78 is 0. The Labute approximate surface area is 142 Å². The second-order valence-electron chi connectivity index (χ2n) is 5.71. The molecule has 1 aromatic carbocycles. The average molecular weight is 342 g/mol. The molecule has 6 nitrogen and oxygen atoms in total. The van der Waals surface area contributed by atoms with E-state index in [-0.39, 0.29) is 36.0 Å². The van der Waals surface area contributed by atoms with Gasteiger partial charge in [-0.3, -0.25) is 9.59 Å². The third-order valence-corrected chi connectivity index (χ3v) is 3.87. The number of carbonyl (C=O) groups excluding carboxylic acids is 2. The predicted octanol–water partition coefficient (Wildman–Crippen LogP) is 1.23. The topological polar surface area (TPSA) is 86.9 Å². The van der Waals surface area contributed by atoms with Crippen LogP contribution in [-0.4, -0.2) is 58.9 Å². The Kier molecular flexibility index (Phi) is 7.32. The van der Waals surface area contributed by atoms with E-state index in [1.54, 1.807) is 28.0 Å². The van der Waals surface area contributed by atoms with Crippen LogP contribution in [-0.2, 0) is 4.79 Å². The summed E-state index contributed by atoms with van der Waals surface area (Å²) in [6.07, 6.45) is 1.13. The Hall–Kier alpha value is -1.79. The number of amides is 2. The number of aromatic hydroxyl groups is 1. The van der Waals surface area contributed by atoms with Crippen molar-refractivity contribution in [2.24, 2.45) is 5.73 Å². The fraction of sp³-hybridized carbons (Fsp3) is 0.500. The molecule has 2 rings (SSSR count). The summed E-state index contributed by atoms with van der Waals surface area (Å²) >= 11 is 0. The number of benzene rings is 1. The van der Waals surface area contributed by atoms with Crippen molar-refractivity contribution in [3.8, 4) is 5.75 Å². The van der Waals surface area contributed by atoms with Crippen LogP contribution in [0.1, 0.15) is 30.1 Å². The van der Waals surface area contributed by atoms with Gasteiger partial charge in [-0.15, -0.1) is 12.4 Å². The van der Waals surface area contributed by atoms with Gasteiger partial charge in [-0.1, -0.05) is 12.1 Å². The maximum Gasteiger partial charge on any atom is 0.257 e. The zero-order chi connectivity index (χ0) is 16.1. The molecule has 2 amide bonds. The van der Waals surface area contributed by atoms with E-state index >= 15 is 0 Å². The number of nitrogens with zero attached hydrogens (tertiary/aromatic N) is 2. The number of carbonyl (C=O) groups is 2. The zero-order valence-corrected chi connectivity index (χ0v) is 14.1. The normalized spacial score (nSPS) is 15.7. The highest BCUT2D eigenvalue weighted by Gasteiger charge is 2.25. The highest BCUT2D eigenvalue weighted by atomic mass is 35.5. The van der Waals surface area contributed by atoms with Crippen LogP contribution in [0.15, 0.2) is 24.3 Å². The van der Waals surface area contributed by atoms with Crippen LogP contribution < -0.4 is 5.73 Å². The smallest absolute Gasteiger partial charge is 0.257 e. The molecule has 1 aliphatic heterocycles. The minimum Gasteiger partial charge on any atom is -0.507 e. The molecule has 128 valence electrons. The van der Waals surface area contributed by atoms with Gasteiger partial charge in [0.1, 0.15) is 5.75 Å². The standard InChI is InChI=1S/C16H23N3O3.ClH/c1-12(17)6-7-15(21)18-8-10-19(11-9-18)16(22)13-4-2-3-5-14(13)20;/h2-5,12,20H,6-11,17H2,1H3;1H. The van der Waals surface area contributed by atoms with Gasteiger partial charge in [0.05, 0.1) is 5.56 Å². The third kappa shape index (κ3) is 5.11. The minimum atomic E-state index is -0.194. The molecular weight excluding hydrogens is 318 g/mol. The molecule has 1 unspecified atom stereocenters. The van der Waals surface area contributed by atoms with Crippen LogP contribution in [0, 0.1) is 0 Å². The van der Waals surface area contributed by atoms with E-state index in [1.165, 1.54) is 6.07 Å². The van der Waals surface area contributed by atoms with Gasteiger partial charge in [0.15, 0.2) is 0 Å². The Balaban J connectivity index is 0.00000264. The Morgan fingerprint density at radius 2 is 1.74 bits per heavy atom. The summed E-state index contributed by atoms with van der Waals surface area (Å²) in [7, 11) is 0. The molecule has 23 heavy (non-hydrogen) atoms. The SMILES string of the molecule is CC(N)CCC(=O)N1CCN(C(=O)c2ccccc2O)CC1.Cl. The lowest BCUT2D eigenvalue weighted by atomic mass is 10.1. The molecule has 0 radical (unpaired) electrons. The predicted molar refractivity (Wildman–Crippen MR) is 90.7 cm³/mol. The molecule has 1 heterocycles. The van der Waals surface area contributed by atoms with Crippen LogP contribution in [0.4, 0.5) is 0 Å². The van der Waals surface area contributed by atoms with E-state index in [0.717, 1.165) is 0 Å². The fourth-order valence-electron chi connectivity index (χ4n) is 2.49. The summed E-state index contributed by atoms with van der Waals surface area (Å²) in [6, 6.07) is 6.54. The lowest BCUT2D eigenvalue weighted by Crippen LogP contribution is -2.50. The van der Waals surface area contributed by atoms with Crippen molar-refractivity contribution in [2.75, 3.05) is 26.2 Å². The second-order valence-corrected chi connectivity index (χ2v) is 5.71. The van der Waals surface area contributed by atoms with E-state index in [9.17, 15) is 14.7 Å². The highest BCUT2D eigenvalue weighted by Crippen LogP contribution is 2.19. The number of hydrogen-bond acceptors (Lipinski definition) is 4. The number of para-hydroxylation sites is 1. The van der Waals surface area contributed by atoms with Crippen LogP contribution in [0.5, 0.6) is 5.75 Å².